The maximum absolute atomic E-state index is 2.37. The van der Waals surface area contributed by atoms with Crippen LogP contribution in [0.4, 0.5) is 0 Å². The van der Waals surface area contributed by atoms with E-state index in [1.54, 1.807) is 50.3 Å². The molecule has 0 unspecified atom stereocenters. The van der Waals surface area contributed by atoms with E-state index in [9.17, 15) is 0 Å². The summed E-state index contributed by atoms with van der Waals surface area (Å²) in [7, 11) is -0.697. The highest BCUT2D eigenvalue weighted by Crippen LogP contribution is 2.61. The van der Waals surface area contributed by atoms with Crippen LogP contribution in [0.5, 0.6) is 0 Å². The third kappa shape index (κ3) is 24.1. The normalized spacial score (nSPS) is 11.6. The van der Waals surface area contributed by atoms with Crippen LogP contribution in [0.2, 0.25) is 0 Å². The molecule has 0 fully saturated rings. The summed E-state index contributed by atoms with van der Waals surface area (Å²) in [6, 6.07) is 0. The molecular weight excluding hydrogens is 431 g/mol. The van der Waals surface area contributed by atoms with Crippen LogP contribution in [0, 0.1) is 0 Å². The fourth-order valence-corrected chi connectivity index (χ4v) is 10.5. The maximum Gasteiger partial charge on any atom is -0.0359 e. The molecule has 0 rings (SSSR count). The first kappa shape index (κ1) is 36.5. The van der Waals surface area contributed by atoms with Gasteiger partial charge in [0, 0.05) is 0 Å². The summed E-state index contributed by atoms with van der Waals surface area (Å²) < 4.78 is 0. The van der Waals surface area contributed by atoms with Crippen molar-refractivity contribution < 1.29 is 5.48 Å². The Morgan fingerprint density at radius 3 is 0.676 bits per heavy atom. The molecule has 0 spiro atoms. The molecule has 34 heavy (non-hydrogen) atoms. The molecule has 0 aromatic heterocycles. The van der Waals surface area contributed by atoms with Crippen molar-refractivity contribution in [3.05, 3.63) is 0 Å². The zero-order chi connectivity index (χ0) is 24.3. The van der Waals surface area contributed by atoms with Gasteiger partial charge in [0.15, 0.2) is 0 Å². The van der Waals surface area contributed by atoms with E-state index in [0.717, 1.165) is 0 Å². The Bertz CT molecular complexity index is 326. The van der Waals surface area contributed by atoms with Gasteiger partial charge in [-0.25, -0.2) is 0 Å². The highest BCUT2D eigenvalue weighted by molar-refractivity contribution is 7.75. The van der Waals surface area contributed by atoms with Gasteiger partial charge in [0.25, 0.3) is 0 Å². The number of rotatable bonds is 28. The molecule has 0 heterocycles. The maximum atomic E-state index is 2.37. The lowest BCUT2D eigenvalue weighted by molar-refractivity contribution is 0.548. The zero-order valence-electron chi connectivity index (χ0n) is 24.7. The van der Waals surface area contributed by atoms with E-state index in [2.05, 4.69) is 27.7 Å². The van der Waals surface area contributed by atoms with Crippen LogP contribution in [-0.4, -0.2) is 30.1 Å². The summed E-state index contributed by atoms with van der Waals surface area (Å²) >= 11 is 0. The lowest BCUT2D eigenvalue weighted by atomic mass is 10.1. The monoisotopic (exact) mass is 502 g/mol. The molecule has 209 valence electrons. The molecule has 2 heteroatoms. The summed E-state index contributed by atoms with van der Waals surface area (Å²) in [5.74, 6) is 0. The van der Waals surface area contributed by atoms with Crippen LogP contribution in [0.1, 0.15) is 182 Å². The lowest BCUT2D eigenvalue weighted by Gasteiger charge is -2.38. The van der Waals surface area contributed by atoms with E-state index in [-0.39, 0.29) is 5.48 Å². The summed E-state index contributed by atoms with van der Waals surface area (Å²) in [5, 5.41) is 0. The lowest BCUT2D eigenvalue weighted by Crippen LogP contribution is -2.13. The molecule has 0 aliphatic heterocycles. The zero-order valence-corrected chi connectivity index (χ0v) is 25.6. The van der Waals surface area contributed by atoms with Gasteiger partial charge in [0.1, 0.15) is 0 Å². The van der Waals surface area contributed by atoms with Gasteiger partial charge in [0.2, 0.25) is 0 Å². The molecule has 2 N–H and O–H groups in total. The van der Waals surface area contributed by atoms with E-state index >= 15 is 0 Å². The second-order valence-electron chi connectivity index (χ2n) is 11.3. The topological polar surface area (TPSA) is 31.5 Å². The number of unbranched alkanes of at least 4 members (excludes halogenated alkanes) is 20. The van der Waals surface area contributed by atoms with Gasteiger partial charge >= 0.3 is 0 Å². The van der Waals surface area contributed by atoms with Crippen LogP contribution in [0.15, 0.2) is 0 Å². The molecule has 0 aromatic rings. The van der Waals surface area contributed by atoms with Crippen molar-refractivity contribution in [2.45, 2.75) is 182 Å². The highest BCUT2D eigenvalue weighted by Gasteiger charge is 2.25. The van der Waals surface area contributed by atoms with E-state index in [0.29, 0.717) is 0 Å². The first-order valence-electron chi connectivity index (χ1n) is 16.1. The summed E-state index contributed by atoms with van der Waals surface area (Å²) in [4.78, 5) is 0. The molecule has 0 aromatic carbocycles. The summed E-state index contributed by atoms with van der Waals surface area (Å²) in [6.45, 7) is 9.41. The van der Waals surface area contributed by atoms with Gasteiger partial charge in [-0.3, -0.25) is 0 Å². The predicted molar refractivity (Wildman–Crippen MR) is 164 cm³/mol. The van der Waals surface area contributed by atoms with Crippen LogP contribution in [-0.2, 0) is 0 Å². The van der Waals surface area contributed by atoms with Crippen molar-refractivity contribution in [3.8, 4) is 0 Å². The Labute approximate surface area is 219 Å². The van der Waals surface area contributed by atoms with Gasteiger partial charge in [-0.05, 0) is 50.3 Å². The van der Waals surface area contributed by atoms with Crippen LogP contribution in [0.3, 0.4) is 0 Å². The largest absolute Gasteiger partial charge is 0.412 e. The quantitative estimate of drug-likeness (QED) is 0.0754. The average Bonchev–Trinajstić information content (AvgIpc) is 2.83. The van der Waals surface area contributed by atoms with Crippen molar-refractivity contribution >= 4 is 7.26 Å². The number of hydrogen-bond acceptors (Lipinski definition) is 0. The van der Waals surface area contributed by atoms with E-state index in [1.807, 2.05) is 0 Å². The molecule has 1 radical (unpaired) electrons. The molecular formula is C32H70OP. The standard InChI is InChI=1S/C32H68P.H2O/c1-5-9-13-17-18-19-20-21-22-23-24-28-32-33(29-25-14-10-6-2,30-26-15-11-7-3)31-27-16-12-8-4;/h5-32H2,1-4H3;1H2. The smallest absolute Gasteiger partial charge is 0.0359 e. The Morgan fingerprint density at radius 1 is 0.265 bits per heavy atom. The highest BCUT2D eigenvalue weighted by atomic mass is 31.2. The molecule has 0 saturated carbocycles. The third-order valence-electron chi connectivity index (χ3n) is 7.94. The van der Waals surface area contributed by atoms with Crippen molar-refractivity contribution in [1.29, 1.82) is 0 Å². The Balaban J connectivity index is 0. The van der Waals surface area contributed by atoms with E-state index in [4.69, 9.17) is 0 Å². The van der Waals surface area contributed by atoms with Crippen molar-refractivity contribution in [1.82, 2.24) is 0 Å². The van der Waals surface area contributed by atoms with Crippen LogP contribution < -0.4 is 0 Å². The molecule has 0 amide bonds. The Hall–Kier alpha value is 0.390. The van der Waals surface area contributed by atoms with Crippen LogP contribution >= 0.6 is 7.26 Å². The summed E-state index contributed by atoms with van der Waals surface area (Å²) in [5.41, 5.74) is 0. The second-order valence-corrected chi connectivity index (χ2v) is 15.8. The Kier molecular flexibility index (Phi) is 31.8. The fraction of sp³-hybridized carbons (Fsp3) is 1.00. The van der Waals surface area contributed by atoms with Crippen molar-refractivity contribution in [2.75, 3.05) is 24.6 Å². The molecule has 0 aliphatic rings. The van der Waals surface area contributed by atoms with Crippen LogP contribution in [0.25, 0.3) is 0 Å². The van der Waals surface area contributed by atoms with Gasteiger partial charge < -0.3 is 5.48 Å². The minimum atomic E-state index is -0.697. The predicted octanol–water partition coefficient (Wildman–Crippen LogP) is 11.6. The first-order chi connectivity index (χ1) is 16.2. The molecule has 0 aliphatic carbocycles. The van der Waals surface area contributed by atoms with Gasteiger partial charge in [0.05, 0.1) is 0 Å². The molecule has 0 bridgehead atoms. The minimum absolute atomic E-state index is 0. The van der Waals surface area contributed by atoms with Crippen molar-refractivity contribution in [3.63, 3.8) is 0 Å². The van der Waals surface area contributed by atoms with E-state index in [1.165, 1.54) is 128 Å². The van der Waals surface area contributed by atoms with Gasteiger partial charge in [-0.1, -0.05) is 156 Å². The summed E-state index contributed by atoms with van der Waals surface area (Å²) in [6.07, 6.45) is 42.1. The average molecular weight is 502 g/mol. The molecule has 1 nitrogen and oxygen atoms in total. The fourth-order valence-electron chi connectivity index (χ4n) is 5.58. The number of hydrogen-bond donors (Lipinski definition) is 0. The van der Waals surface area contributed by atoms with Gasteiger partial charge in [-0.2, -0.15) is 0 Å². The Morgan fingerprint density at radius 2 is 0.441 bits per heavy atom. The van der Waals surface area contributed by atoms with Gasteiger partial charge in [-0.15, -0.1) is 7.26 Å². The van der Waals surface area contributed by atoms with Crippen molar-refractivity contribution in [2.24, 2.45) is 0 Å². The molecule has 0 atom stereocenters. The third-order valence-corrected chi connectivity index (χ3v) is 13.0. The molecule has 0 saturated heterocycles. The SMILES string of the molecule is CCCCCCCCCCCCCC[P](CCCCCC)(CCCCCC)CCCCCC.O. The van der Waals surface area contributed by atoms with E-state index < -0.39 is 7.26 Å². The first-order valence-corrected chi connectivity index (χ1v) is 18.6. The second kappa shape index (κ2) is 29.6. The minimum Gasteiger partial charge on any atom is -0.412 e.